The first-order valence-corrected chi connectivity index (χ1v) is 8.08. The molecule has 0 bridgehead atoms. The van der Waals surface area contributed by atoms with Gasteiger partial charge in [-0.15, -0.1) is 0 Å². The third-order valence-corrected chi connectivity index (χ3v) is 3.79. The number of aromatic hydroxyl groups is 1. The zero-order valence-electron chi connectivity index (χ0n) is 14.4. The highest BCUT2D eigenvalue weighted by molar-refractivity contribution is 6.05. The number of hydrogen-bond donors (Lipinski definition) is 1. The maximum Gasteiger partial charge on any atom is 0.342 e. The Labute approximate surface area is 137 Å². The number of esters is 2. The third-order valence-electron chi connectivity index (χ3n) is 3.79. The van der Waals surface area contributed by atoms with Crippen LogP contribution in [0.4, 0.5) is 0 Å². The fraction of sp³-hybridized carbons (Fsp3) is 0.556. The van der Waals surface area contributed by atoms with E-state index in [1.54, 1.807) is 13.0 Å². The number of phenolic OH excluding ortho intramolecular Hbond substituents is 1. The van der Waals surface area contributed by atoms with Crippen molar-refractivity contribution >= 4 is 11.9 Å². The summed E-state index contributed by atoms with van der Waals surface area (Å²) in [6, 6.07) is 1.60. The number of carbonyl (C=O) groups is 2. The number of rotatable bonds is 8. The van der Waals surface area contributed by atoms with Crippen molar-refractivity contribution < 1.29 is 24.2 Å². The number of carbonyl (C=O) groups excluding carboxylic acids is 2. The first-order valence-electron chi connectivity index (χ1n) is 8.08. The maximum absolute atomic E-state index is 12.1. The molecule has 5 heteroatoms. The van der Waals surface area contributed by atoms with Crippen LogP contribution in [0.25, 0.3) is 0 Å². The number of unbranched alkanes of at least 4 members (excludes halogenated alkanes) is 3. The summed E-state index contributed by atoms with van der Waals surface area (Å²) in [5, 5.41) is 10.5. The Kier molecular flexibility index (Phi) is 7.59. The van der Waals surface area contributed by atoms with Gasteiger partial charge in [0, 0.05) is 0 Å². The number of benzene rings is 1. The minimum absolute atomic E-state index is 0.0472. The number of ether oxygens (including phenoxy) is 2. The molecule has 0 amide bonds. The average Bonchev–Trinajstić information content (AvgIpc) is 2.53. The van der Waals surface area contributed by atoms with Gasteiger partial charge in [0.25, 0.3) is 0 Å². The fourth-order valence-electron chi connectivity index (χ4n) is 2.56. The Hall–Kier alpha value is -2.04. The van der Waals surface area contributed by atoms with Gasteiger partial charge in [-0.2, -0.15) is 0 Å². The van der Waals surface area contributed by atoms with Crippen LogP contribution >= 0.6 is 0 Å². The van der Waals surface area contributed by atoms with Crippen LogP contribution in [0, 0.1) is 6.92 Å². The van der Waals surface area contributed by atoms with Crippen molar-refractivity contribution in [1.82, 2.24) is 0 Å². The molecule has 23 heavy (non-hydrogen) atoms. The summed E-state index contributed by atoms with van der Waals surface area (Å²) in [7, 11) is 1.22. The van der Waals surface area contributed by atoms with Gasteiger partial charge in [-0.25, -0.2) is 9.59 Å². The van der Waals surface area contributed by atoms with E-state index in [4.69, 9.17) is 9.47 Å². The first-order chi connectivity index (χ1) is 11.0. The van der Waals surface area contributed by atoms with E-state index >= 15 is 0 Å². The van der Waals surface area contributed by atoms with Crippen LogP contribution in [0.5, 0.6) is 5.75 Å². The molecule has 0 atom stereocenters. The van der Waals surface area contributed by atoms with Gasteiger partial charge in [0.05, 0.1) is 19.3 Å². The predicted molar refractivity (Wildman–Crippen MR) is 88.0 cm³/mol. The maximum atomic E-state index is 12.1. The Morgan fingerprint density at radius 3 is 2.39 bits per heavy atom. The molecule has 0 spiro atoms. The molecular weight excluding hydrogens is 296 g/mol. The zero-order valence-corrected chi connectivity index (χ0v) is 14.4. The molecule has 0 aliphatic carbocycles. The highest BCUT2D eigenvalue weighted by Gasteiger charge is 2.26. The normalized spacial score (nSPS) is 10.4. The van der Waals surface area contributed by atoms with E-state index in [0.717, 1.165) is 31.2 Å². The summed E-state index contributed by atoms with van der Waals surface area (Å²) in [5.74, 6) is -1.54. The Morgan fingerprint density at radius 1 is 1.13 bits per heavy atom. The molecule has 0 radical (unpaired) electrons. The van der Waals surface area contributed by atoms with Crippen LogP contribution in [0.1, 0.15) is 71.4 Å². The highest BCUT2D eigenvalue weighted by atomic mass is 16.5. The van der Waals surface area contributed by atoms with Crippen molar-refractivity contribution in [2.75, 3.05) is 13.7 Å². The van der Waals surface area contributed by atoms with Crippen molar-refractivity contribution in [3.63, 3.8) is 0 Å². The van der Waals surface area contributed by atoms with Crippen LogP contribution in [0.2, 0.25) is 0 Å². The Morgan fingerprint density at radius 2 is 1.83 bits per heavy atom. The van der Waals surface area contributed by atoms with E-state index in [1.807, 2.05) is 6.92 Å². The van der Waals surface area contributed by atoms with E-state index in [0.29, 0.717) is 12.0 Å². The lowest BCUT2D eigenvalue weighted by Gasteiger charge is -2.15. The van der Waals surface area contributed by atoms with E-state index in [1.165, 1.54) is 7.11 Å². The van der Waals surface area contributed by atoms with Gasteiger partial charge < -0.3 is 14.6 Å². The van der Waals surface area contributed by atoms with Gasteiger partial charge in [-0.1, -0.05) is 26.2 Å². The molecule has 1 aromatic rings. The average molecular weight is 322 g/mol. The largest absolute Gasteiger partial charge is 0.507 e. The van der Waals surface area contributed by atoms with E-state index in [2.05, 4.69) is 6.92 Å². The van der Waals surface area contributed by atoms with E-state index < -0.39 is 11.9 Å². The zero-order chi connectivity index (χ0) is 17.4. The lowest BCUT2D eigenvalue weighted by Crippen LogP contribution is -2.15. The molecule has 0 aromatic heterocycles. The molecule has 0 saturated carbocycles. The SMILES string of the molecule is CCCCCCc1c(C)cc(C(=O)OCC)c(C(=O)OC)c1O. The fourth-order valence-corrected chi connectivity index (χ4v) is 2.56. The van der Waals surface area contributed by atoms with Crippen molar-refractivity contribution in [1.29, 1.82) is 0 Å². The van der Waals surface area contributed by atoms with Gasteiger partial charge in [0.1, 0.15) is 11.3 Å². The monoisotopic (exact) mass is 322 g/mol. The van der Waals surface area contributed by atoms with Crippen molar-refractivity contribution in [2.45, 2.75) is 52.9 Å². The van der Waals surface area contributed by atoms with E-state index in [-0.39, 0.29) is 23.5 Å². The van der Waals surface area contributed by atoms with Gasteiger partial charge in [-0.05, 0) is 43.9 Å². The number of aryl methyl sites for hydroxylation is 1. The van der Waals surface area contributed by atoms with Gasteiger partial charge >= 0.3 is 11.9 Å². The minimum Gasteiger partial charge on any atom is -0.507 e. The van der Waals surface area contributed by atoms with Gasteiger partial charge in [-0.3, -0.25) is 0 Å². The standard InChI is InChI=1S/C18H26O5/c1-5-7-8-9-10-13-12(3)11-14(17(20)23-6-2)15(16(13)19)18(21)22-4/h11,19H,5-10H2,1-4H3. The van der Waals surface area contributed by atoms with Crippen LogP contribution < -0.4 is 0 Å². The summed E-state index contributed by atoms with van der Waals surface area (Å²) >= 11 is 0. The lowest BCUT2D eigenvalue weighted by molar-refractivity contribution is 0.0502. The van der Waals surface area contributed by atoms with Crippen molar-refractivity contribution in [3.8, 4) is 5.75 Å². The van der Waals surface area contributed by atoms with Crippen LogP contribution in [0.15, 0.2) is 6.07 Å². The minimum atomic E-state index is -0.736. The van der Waals surface area contributed by atoms with Crippen molar-refractivity contribution in [3.05, 3.63) is 28.3 Å². The molecular formula is C18H26O5. The highest BCUT2D eigenvalue weighted by Crippen LogP contribution is 2.32. The molecule has 128 valence electrons. The summed E-state index contributed by atoms with van der Waals surface area (Å²) in [6.45, 7) is 5.83. The molecule has 1 aromatic carbocycles. The number of hydrogen-bond acceptors (Lipinski definition) is 5. The quantitative estimate of drug-likeness (QED) is 0.582. The van der Waals surface area contributed by atoms with Gasteiger partial charge in [0.15, 0.2) is 0 Å². The second kappa shape index (κ2) is 9.18. The second-order valence-corrected chi connectivity index (χ2v) is 5.47. The predicted octanol–water partition coefficient (Wildman–Crippen LogP) is 3.79. The van der Waals surface area contributed by atoms with Gasteiger partial charge in [0.2, 0.25) is 0 Å². The van der Waals surface area contributed by atoms with Crippen LogP contribution in [-0.2, 0) is 15.9 Å². The summed E-state index contributed by atoms with van der Waals surface area (Å²) in [4.78, 5) is 24.1. The topological polar surface area (TPSA) is 72.8 Å². The van der Waals surface area contributed by atoms with Crippen molar-refractivity contribution in [2.24, 2.45) is 0 Å². The molecule has 1 N–H and O–H groups in total. The third kappa shape index (κ3) is 4.71. The summed E-state index contributed by atoms with van der Waals surface area (Å²) in [5.41, 5.74) is 1.40. The lowest BCUT2D eigenvalue weighted by atomic mass is 9.93. The molecule has 0 aliphatic rings. The summed E-state index contributed by atoms with van der Waals surface area (Å²) in [6.07, 6.45) is 4.89. The molecule has 0 heterocycles. The summed E-state index contributed by atoms with van der Waals surface area (Å²) < 4.78 is 9.69. The molecule has 0 fully saturated rings. The smallest absolute Gasteiger partial charge is 0.342 e. The first kappa shape index (κ1) is 19.0. The Balaban J connectivity index is 3.25. The molecule has 0 aliphatic heterocycles. The molecule has 0 unspecified atom stereocenters. The number of methoxy groups -OCH3 is 1. The molecule has 5 nitrogen and oxygen atoms in total. The second-order valence-electron chi connectivity index (χ2n) is 5.47. The van der Waals surface area contributed by atoms with Crippen LogP contribution in [-0.4, -0.2) is 30.8 Å². The molecule has 0 saturated heterocycles. The molecule has 1 rings (SSSR count). The van der Waals surface area contributed by atoms with Crippen LogP contribution in [0.3, 0.4) is 0 Å². The Bertz CT molecular complexity index is 563. The number of phenols is 1. The van der Waals surface area contributed by atoms with E-state index in [9.17, 15) is 14.7 Å².